The summed E-state index contributed by atoms with van der Waals surface area (Å²) in [5, 5.41) is 0. The molecule has 0 N–H and O–H groups in total. The van der Waals surface area contributed by atoms with Crippen LogP contribution in [0.2, 0.25) is 0 Å². The van der Waals surface area contributed by atoms with E-state index in [-0.39, 0.29) is 6.54 Å². The van der Waals surface area contributed by atoms with Gasteiger partial charge in [0.2, 0.25) is 0 Å². The zero-order valence-corrected chi connectivity index (χ0v) is 11.4. The van der Waals surface area contributed by atoms with Crippen LogP contribution in [0.25, 0.3) is 0 Å². The predicted octanol–water partition coefficient (Wildman–Crippen LogP) is 4.04. The molecule has 0 aromatic rings. The summed E-state index contributed by atoms with van der Waals surface area (Å²) in [6, 6.07) is 0. The lowest BCUT2D eigenvalue weighted by Crippen LogP contribution is -2.49. The van der Waals surface area contributed by atoms with Gasteiger partial charge < -0.3 is 0 Å². The van der Waals surface area contributed by atoms with Crippen LogP contribution in [0.15, 0.2) is 0 Å². The Balaban J connectivity index is 0.00000106. The number of hydrogen-bond donors (Lipinski definition) is 0. The number of rotatable bonds is 3. The molecule has 0 aliphatic carbocycles. The molecule has 0 aromatic heterocycles. The van der Waals surface area contributed by atoms with E-state index in [1.54, 1.807) is 0 Å². The summed E-state index contributed by atoms with van der Waals surface area (Å²) in [7, 11) is 0. The van der Waals surface area contributed by atoms with Gasteiger partial charge in [0.1, 0.15) is 0 Å². The maximum Gasteiger partial charge on any atom is 0.263 e. The third kappa shape index (κ3) is 4.77. The van der Waals surface area contributed by atoms with Gasteiger partial charge in [0.15, 0.2) is 0 Å². The quantitative estimate of drug-likeness (QED) is 0.713. The lowest BCUT2D eigenvalue weighted by Gasteiger charge is -2.38. The molecule has 1 heterocycles. The lowest BCUT2D eigenvalue weighted by atomic mass is 9.90. The van der Waals surface area contributed by atoms with Crippen molar-refractivity contribution in [1.29, 1.82) is 0 Å². The fourth-order valence-corrected chi connectivity index (χ4v) is 2.23. The molecule has 3 heteroatoms. The number of nitrogens with zero attached hydrogens (tertiary/aromatic N) is 1. The first-order valence-electron chi connectivity index (χ1n) is 6.56. The molecule has 1 fully saturated rings. The summed E-state index contributed by atoms with van der Waals surface area (Å²) in [5.74, 6) is -2.39. The molecular weight excluding hydrogens is 208 g/mol. The third-order valence-electron chi connectivity index (χ3n) is 2.94. The molecule has 1 unspecified atom stereocenters. The van der Waals surface area contributed by atoms with Crippen LogP contribution < -0.4 is 0 Å². The van der Waals surface area contributed by atoms with E-state index < -0.39 is 11.8 Å². The molecular formula is C13H27F2N. The minimum Gasteiger partial charge on any atom is -0.297 e. The molecule has 16 heavy (non-hydrogen) atoms. The molecule has 0 saturated carbocycles. The third-order valence-corrected chi connectivity index (χ3v) is 2.94. The average Bonchev–Trinajstić information content (AvgIpc) is 2.18. The van der Waals surface area contributed by atoms with Gasteiger partial charge in [0, 0.05) is 12.5 Å². The van der Waals surface area contributed by atoms with Gasteiger partial charge in [0.25, 0.3) is 5.92 Å². The summed E-state index contributed by atoms with van der Waals surface area (Å²) >= 11 is 0. The van der Waals surface area contributed by atoms with E-state index in [9.17, 15) is 8.78 Å². The van der Waals surface area contributed by atoms with Crippen molar-refractivity contribution in [3.8, 4) is 0 Å². The Bertz CT molecular complexity index is 181. The number of alkyl halides is 2. The van der Waals surface area contributed by atoms with Gasteiger partial charge in [-0.3, -0.25) is 4.90 Å². The summed E-state index contributed by atoms with van der Waals surface area (Å²) in [6.45, 7) is 11.6. The van der Waals surface area contributed by atoms with E-state index in [4.69, 9.17) is 0 Å². The van der Waals surface area contributed by atoms with E-state index in [1.165, 1.54) is 0 Å². The van der Waals surface area contributed by atoms with Gasteiger partial charge in [-0.05, 0) is 25.3 Å². The van der Waals surface area contributed by atoms with Crippen molar-refractivity contribution in [2.75, 3.05) is 19.6 Å². The minimum absolute atomic E-state index is 0.0380. The maximum absolute atomic E-state index is 13.5. The highest BCUT2D eigenvalue weighted by Gasteiger charge is 2.43. The van der Waals surface area contributed by atoms with E-state index >= 15 is 0 Å². The Hall–Kier alpha value is -0.180. The normalized spacial score (nSPS) is 25.1. The highest BCUT2D eigenvalue weighted by molar-refractivity contribution is 4.86. The molecule has 1 aliphatic heterocycles. The second-order valence-corrected chi connectivity index (χ2v) is 4.78. The van der Waals surface area contributed by atoms with Crippen molar-refractivity contribution in [3.63, 3.8) is 0 Å². The zero-order valence-electron chi connectivity index (χ0n) is 11.4. The van der Waals surface area contributed by atoms with E-state index in [1.807, 2.05) is 25.7 Å². The van der Waals surface area contributed by atoms with Crippen LogP contribution in [0.3, 0.4) is 0 Å². The largest absolute Gasteiger partial charge is 0.297 e. The summed E-state index contributed by atoms with van der Waals surface area (Å²) in [6.07, 6.45) is 1.25. The van der Waals surface area contributed by atoms with Crippen molar-refractivity contribution in [3.05, 3.63) is 0 Å². The van der Waals surface area contributed by atoms with Crippen LogP contribution in [0.1, 0.15) is 47.5 Å². The zero-order chi connectivity index (χ0) is 12.8. The van der Waals surface area contributed by atoms with Crippen molar-refractivity contribution >= 4 is 0 Å². The topological polar surface area (TPSA) is 3.24 Å². The van der Waals surface area contributed by atoms with Crippen molar-refractivity contribution < 1.29 is 8.78 Å². The van der Waals surface area contributed by atoms with Crippen molar-refractivity contribution in [1.82, 2.24) is 4.90 Å². The second kappa shape index (κ2) is 7.21. The van der Waals surface area contributed by atoms with Gasteiger partial charge >= 0.3 is 0 Å². The molecule has 98 valence electrons. The second-order valence-electron chi connectivity index (χ2n) is 4.78. The highest BCUT2D eigenvalue weighted by Crippen LogP contribution is 2.34. The molecule has 0 radical (unpaired) electrons. The first-order valence-corrected chi connectivity index (χ1v) is 6.56. The summed E-state index contributed by atoms with van der Waals surface area (Å²) in [4.78, 5) is 1.90. The lowest BCUT2D eigenvalue weighted by molar-refractivity contribution is -0.113. The Labute approximate surface area is 99.2 Å². The minimum atomic E-state index is -2.47. The molecule has 1 aliphatic rings. The van der Waals surface area contributed by atoms with Crippen LogP contribution in [0.4, 0.5) is 8.78 Å². The van der Waals surface area contributed by atoms with Gasteiger partial charge in [-0.25, -0.2) is 8.78 Å². The van der Waals surface area contributed by atoms with Crippen LogP contribution in [-0.4, -0.2) is 30.5 Å². The molecule has 0 aromatic carbocycles. The van der Waals surface area contributed by atoms with E-state index in [0.717, 1.165) is 13.1 Å². The van der Waals surface area contributed by atoms with Crippen LogP contribution in [-0.2, 0) is 0 Å². The standard InChI is InChI=1S/C11H21F2N.C2H6/c1-4-10-5-6-14(7-9(2)3)8-11(10,12)13;1-2/h9-10H,4-8H2,1-3H3;1-2H3. The predicted molar refractivity (Wildman–Crippen MR) is 66.0 cm³/mol. The molecule has 1 rings (SSSR count). The first-order chi connectivity index (χ1) is 7.45. The van der Waals surface area contributed by atoms with Gasteiger partial charge in [0.05, 0.1) is 6.54 Å². The smallest absolute Gasteiger partial charge is 0.263 e. The Kier molecular flexibility index (Phi) is 7.12. The van der Waals surface area contributed by atoms with Crippen molar-refractivity contribution in [2.24, 2.45) is 11.8 Å². The van der Waals surface area contributed by atoms with Gasteiger partial charge in [-0.15, -0.1) is 0 Å². The SMILES string of the molecule is CC.CCC1CCN(CC(C)C)CC1(F)F. The number of halogens is 2. The number of likely N-dealkylation sites (tertiary alicyclic amines) is 1. The van der Waals surface area contributed by atoms with Crippen LogP contribution in [0.5, 0.6) is 0 Å². The van der Waals surface area contributed by atoms with Crippen molar-refractivity contribution in [2.45, 2.75) is 53.4 Å². The van der Waals surface area contributed by atoms with Crippen LogP contribution >= 0.6 is 0 Å². The Morgan fingerprint density at radius 3 is 2.25 bits per heavy atom. The molecule has 1 nitrogen and oxygen atoms in total. The Morgan fingerprint density at radius 1 is 1.31 bits per heavy atom. The van der Waals surface area contributed by atoms with Gasteiger partial charge in [-0.2, -0.15) is 0 Å². The van der Waals surface area contributed by atoms with Crippen LogP contribution in [0, 0.1) is 11.8 Å². The molecule has 1 atom stereocenters. The summed E-state index contributed by atoms with van der Waals surface area (Å²) < 4.78 is 27.1. The molecule has 1 saturated heterocycles. The van der Waals surface area contributed by atoms with Gasteiger partial charge in [-0.1, -0.05) is 34.6 Å². The van der Waals surface area contributed by atoms with E-state index in [0.29, 0.717) is 18.8 Å². The fourth-order valence-electron chi connectivity index (χ4n) is 2.23. The number of piperidine rings is 1. The number of hydrogen-bond acceptors (Lipinski definition) is 1. The molecule has 0 amide bonds. The molecule has 0 spiro atoms. The fraction of sp³-hybridized carbons (Fsp3) is 1.00. The maximum atomic E-state index is 13.5. The first kappa shape index (κ1) is 15.8. The average molecular weight is 235 g/mol. The van der Waals surface area contributed by atoms with E-state index in [2.05, 4.69) is 13.8 Å². The summed E-state index contributed by atoms with van der Waals surface area (Å²) in [5.41, 5.74) is 0. The Morgan fingerprint density at radius 2 is 1.88 bits per heavy atom. The monoisotopic (exact) mass is 235 g/mol. The molecule has 0 bridgehead atoms. The highest BCUT2D eigenvalue weighted by atomic mass is 19.3.